The van der Waals surface area contributed by atoms with E-state index in [0.29, 0.717) is 28.4 Å². The number of ether oxygens (including phenoxy) is 1. The summed E-state index contributed by atoms with van der Waals surface area (Å²) in [4.78, 5) is 36.5. The second-order valence-corrected chi connectivity index (χ2v) is 7.61. The van der Waals surface area contributed by atoms with Gasteiger partial charge in [-0.25, -0.2) is 0 Å². The molecule has 2 heterocycles. The van der Waals surface area contributed by atoms with E-state index in [2.05, 4.69) is 26.4 Å². The molecule has 0 saturated carbocycles. The molecule has 3 rings (SSSR count). The van der Waals surface area contributed by atoms with Crippen LogP contribution in [0.3, 0.4) is 0 Å². The van der Waals surface area contributed by atoms with Gasteiger partial charge in [-0.3, -0.25) is 19.0 Å². The SMILES string of the molecule is Cc1cc(-n2c(C)cc(C(=O)COC(=O)CNC(=O)c3ccc(Br)cc3)c2C)no1. The van der Waals surface area contributed by atoms with Crippen LogP contribution in [0.15, 0.2) is 45.4 Å². The Morgan fingerprint density at radius 3 is 2.47 bits per heavy atom. The summed E-state index contributed by atoms with van der Waals surface area (Å²) in [5.41, 5.74) is 2.32. The fourth-order valence-electron chi connectivity index (χ4n) is 2.99. The molecule has 0 unspecified atom stereocenters. The highest BCUT2D eigenvalue weighted by Crippen LogP contribution is 2.21. The standard InChI is InChI=1S/C21H20BrN3O5/c1-12-8-17(14(3)25(12)19-9-13(2)30-24-19)18(26)11-29-20(27)10-23-21(28)15-4-6-16(22)7-5-15/h4-9H,10-11H2,1-3H3,(H,23,28). The quantitative estimate of drug-likeness (QED) is 0.417. The van der Waals surface area contributed by atoms with Gasteiger partial charge in [0.2, 0.25) is 5.78 Å². The van der Waals surface area contributed by atoms with E-state index >= 15 is 0 Å². The normalized spacial score (nSPS) is 10.7. The van der Waals surface area contributed by atoms with E-state index in [4.69, 9.17) is 9.26 Å². The lowest BCUT2D eigenvalue weighted by molar-refractivity contribution is -0.141. The van der Waals surface area contributed by atoms with E-state index in [0.717, 1.165) is 10.2 Å². The van der Waals surface area contributed by atoms with Gasteiger partial charge in [0, 0.05) is 33.1 Å². The summed E-state index contributed by atoms with van der Waals surface area (Å²) >= 11 is 3.29. The number of benzene rings is 1. The zero-order valence-electron chi connectivity index (χ0n) is 16.7. The van der Waals surface area contributed by atoms with Gasteiger partial charge in [-0.15, -0.1) is 0 Å². The zero-order valence-corrected chi connectivity index (χ0v) is 18.3. The first-order valence-electron chi connectivity index (χ1n) is 9.11. The van der Waals surface area contributed by atoms with Gasteiger partial charge in [0.15, 0.2) is 12.4 Å². The highest BCUT2D eigenvalue weighted by molar-refractivity contribution is 9.10. The van der Waals surface area contributed by atoms with Crippen LogP contribution < -0.4 is 5.32 Å². The molecule has 1 aromatic carbocycles. The molecule has 3 aromatic rings. The van der Waals surface area contributed by atoms with Gasteiger partial charge >= 0.3 is 5.97 Å². The molecule has 30 heavy (non-hydrogen) atoms. The lowest BCUT2D eigenvalue weighted by Gasteiger charge is -2.07. The molecule has 0 spiro atoms. The highest BCUT2D eigenvalue weighted by Gasteiger charge is 2.20. The van der Waals surface area contributed by atoms with Gasteiger partial charge in [0.25, 0.3) is 5.91 Å². The predicted molar refractivity (Wildman–Crippen MR) is 112 cm³/mol. The minimum absolute atomic E-state index is 0.334. The average molecular weight is 474 g/mol. The average Bonchev–Trinajstić information content (AvgIpc) is 3.26. The minimum atomic E-state index is -0.699. The number of aryl methyl sites for hydroxylation is 2. The van der Waals surface area contributed by atoms with Crippen LogP contribution in [0.25, 0.3) is 5.82 Å². The van der Waals surface area contributed by atoms with Crippen molar-refractivity contribution in [2.24, 2.45) is 0 Å². The number of carbonyl (C=O) groups is 3. The predicted octanol–water partition coefficient (Wildman–Crippen LogP) is 3.31. The van der Waals surface area contributed by atoms with Gasteiger partial charge < -0.3 is 14.6 Å². The third kappa shape index (κ3) is 4.85. The maximum Gasteiger partial charge on any atom is 0.325 e. The van der Waals surface area contributed by atoms with Crippen molar-refractivity contribution in [1.82, 2.24) is 15.0 Å². The molecule has 0 atom stereocenters. The molecule has 0 aliphatic carbocycles. The number of Topliss-reactive ketones (excluding diaryl/α,β-unsaturated/α-hetero) is 1. The van der Waals surface area contributed by atoms with E-state index < -0.39 is 18.5 Å². The molecule has 8 nitrogen and oxygen atoms in total. The van der Waals surface area contributed by atoms with Crippen molar-refractivity contribution in [3.05, 3.63) is 69.1 Å². The van der Waals surface area contributed by atoms with Crippen molar-refractivity contribution in [3.8, 4) is 5.82 Å². The van der Waals surface area contributed by atoms with Crippen LogP contribution in [0.1, 0.15) is 37.9 Å². The topological polar surface area (TPSA) is 103 Å². The summed E-state index contributed by atoms with van der Waals surface area (Å²) in [5, 5.41) is 6.44. The zero-order chi connectivity index (χ0) is 21.8. The van der Waals surface area contributed by atoms with Crippen molar-refractivity contribution in [1.29, 1.82) is 0 Å². The number of rotatable bonds is 7. The molecule has 0 radical (unpaired) electrons. The first kappa shape index (κ1) is 21.5. The Hall–Kier alpha value is -3.20. The number of hydrogen-bond donors (Lipinski definition) is 1. The molecule has 156 valence electrons. The fraction of sp³-hybridized carbons (Fsp3) is 0.238. The number of ketones is 1. The number of hydrogen-bond acceptors (Lipinski definition) is 6. The molecule has 0 fully saturated rings. The Morgan fingerprint density at radius 1 is 1.13 bits per heavy atom. The van der Waals surface area contributed by atoms with Crippen LogP contribution in [0.5, 0.6) is 0 Å². The Kier molecular flexibility index (Phi) is 6.51. The summed E-state index contributed by atoms with van der Waals surface area (Å²) in [7, 11) is 0. The molecule has 0 aliphatic rings. The van der Waals surface area contributed by atoms with Gasteiger partial charge in [0.05, 0.1) is 0 Å². The van der Waals surface area contributed by atoms with E-state index in [1.54, 1.807) is 54.8 Å². The number of nitrogens with zero attached hydrogens (tertiary/aromatic N) is 2. The van der Waals surface area contributed by atoms with E-state index in [9.17, 15) is 14.4 Å². The fourth-order valence-corrected chi connectivity index (χ4v) is 3.25. The van der Waals surface area contributed by atoms with Gasteiger partial charge in [-0.05, 0) is 51.1 Å². The molecule has 2 aromatic heterocycles. The maximum absolute atomic E-state index is 12.5. The summed E-state index contributed by atoms with van der Waals surface area (Å²) in [6, 6.07) is 10.2. The lowest BCUT2D eigenvalue weighted by atomic mass is 10.1. The monoisotopic (exact) mass is 473 g/mol. The molecular weight excluding hydrogens is 454 g/mol. The smallest absolute Gasteiger partial charge is 0.325 e. The summed E-state index contributed by atoms with van der Waals surface area (Å²) in [5.74, 6) is -0.215. The third-order valence-electron chi connectivity index (χ3n) is 4.44. The number of nitrogens with one attached hydrogen (secondary N) is 1. The first-order valence-corrected chi connectivity index (χ1v) is 9.91. The summed E-state index contributed by atoms with van der Waals surface area (Å²) < 4.78 is 12.8. The van der Waals surface area contributed by atoms with E-state index in [1.807, 2.05) is 6.92 Å². The van der Waals surface area contributed by atoms with Crippen molar-refractivity contribution >= 4 is 33.6 Å². The Balaban J connectivity index is 1.56. The van der Waals surface area contributed by atoms with Crippen molar-refractivity contribution in [3.63, 3.8) is 0 Å². The summed E-state index contributed by atoms with van der Waals surface area (Å²) in [6.45, 7) is 4.65. The number of aromatic nitrogens is 2. The van der Waals surface area contributed by atoms with Crippen molar-refractivity contribution in [2.75, 3.05) is 13.2 Å². The number of amides is 1. The second kappa shape index (κ2) is 9.08. The Labute approximate surface area is 181 Å². The molecule has 0 bridgehead atoms. The van der Waals surface area contributed by atoms with Crippen LogP contribution >= 0.6 is 15.9 Å². The van der Waals surface area contributed by atoms with Crippen LogP contribution in [0, 0.1) is 20.8 Å². The summed E-state index contributed by atoms with van der Waals surface area (Å²) in [6.07, 6.45) is 0. The first-order chi connectivity index (χ1) is 14.3. The number of halogens is 1. The minimum Gasteiger partial charge on any atom is -0.456 e. The van der Waals surface area contributed by atoms with Gasteiger partial charge in [0.1, 0.15) is 12.3 Å². The molecule has 1 N–H and O–H groups in total. The molecule has 0 aliphatic heterocycles. The van der Waals surface area contributed by atoms with E-state index in [1.165, 1.54) is 0 Å². The van der Waals surface area contributed by atoms with Crippen LogP contribution in [-0.4, -0.2) is 40.5 Å². The Bertz CT molecular complexity index is 1100. The van der Waals surface area contributed by atoms with Crippen LogP contribution in [0.2, 0.25) is 0 Å². The molecular formula is C21H20BrN3O5. The van der Waals surface area contributed by atoms with Crippen molar-refractivity contribution in [2.45, 2.75) is 20.8 Å². The van der Waals surface area contributed by atoms with Crippen LogP contribution in [0.4, 0.5) is 0 Å². The molecule has 0 saturated heterocycles. The number of carbonyl (C=O) groups excluding carboxylic acids is 3. The van der Waals surface area contributed by atoms with Crippen LogP contribution in [-0.2, 0) is 9.53 Å². The van der Waals surface area contributed by atoms with Gasteiger partial charge in [-0.1, -0.05) is 21.1 Å². The lowest BCUT2D eigenvalue weighted by Crippen LogP contribution is -2.31. The van der Waals surface area contributed by atoms with Gasteiger partial charge in [-0.2, -0.15) is 0 Å². The highest BCUT2D eigenvalue weighted by atomic mass is 79.9. The second-order valence-electron chi connectivity index (χ2n) is 6.69. The molecule has 9 heteroatoms. The van der Waals surface area contributed by atoms with Crippen molar-refractivity contribution < 1.29 is 23.6 Å². The Morgan fingerprint density at radius 2 is 1.83 bits per heavy atom. The number of esters is 1. The third-order valence-corrected chi connectivity index (χ3v) is 4.97. The maximum atomic E-state index is 12.5. The molecule has 1 amide bonds. The largest absolute Gasteiger partial charge is 0.456 e. The van der Waals surface area contributed by atoms with E-state index in [-0.39, 0.29) is 12.3 Å².